The predicted molar refractivity (Wildman–Crippen MR) is 80.9 cm³/mol. The lowest BCUT2D eigenvalue weighted by molar-refractivity contribution is -0.0500. The van der Waals surface area contributed by atoms with E-state index < -0.39 is 27.2 Å². The van der Waals surface area contributed by atoms with Gasteiger partial charge < -0.3 is 9.08 Å². The molecule has 0 unspecified atom stereocenters. The Morgan fingerprint density at radius 3 is 2.33 bits per heavy atom. The molecule has 0 spiro atoms. The highest BCUT2D eigenvalue weighted by molar-refractivity contribution is 7.88. The van der Waals surface area contributed by atoms with Gasteiger partial charge in [-0.15, -0.1) is 0 Å². The molecule has 0 amide bonds. The second kappa shape index (κ2) is 7.14. The molecule has 0 atom stereocenters. The Hall–Kier alpha value is -1.55. The smallest absolute Gasteiger partial charge is 0.373 e. The first-order valence-electron chi connectivity index (χ1n) is 7.42. The summed E-state index contributed by atoms with van der Waals surface area (Å²) in [5.41, 5.74) is -5.58. The van der Waals surface area contributed by atoms with Crippen molar-refractivity contribution in [2.24, 2.45) is 0 Å². The lowest BCUT2D eigenvalue weighted by Gasteiger charge is -2.36. The quantitative estimate of drug-likeness (QED) is 0.453. The van der Waals surface area contributed by atoms with Gasteiger partial charge in [0.25, 0.3) is 0 Å². The molecular weight excluding hydrogens is 352 g/mol. The second-order valence-electron chi connectivity index (χ2n) is 5.40. The fourth-order valence-corrected chi connectivity index (χ4v) is 2.96. The van der Waals surface area contributed by atoms with Crippen molar-refractivity contribution < 1.29 is 30.2 Å². The largest absolute Gasteiger partial charge is 0.534 e. The van der Waals surface area contributed by atoms with Crippen LogP contribution in [-0.4, -0.2) is 51.5 Å². The summed E-state index contributed by atoms with van der Waals surface area (Å²) in [7, 11) is -5.90. The summed E-state index contributed by atoms with van der Waals surface area (Å²) >= 11 is 0. The van der Waals surface area contributed by atoms with Gasteiger partial charge in [-0.05, 0) is 25.1 Å². The molecule has 0 bridgehead atoms. The van der Waals surface area contributed by atoms with Crippen molar-refractivity contribution >= 4 is 15.8 Å². The number of piperazine rings is 1. The van der Waals surface area contributed by atoms with E-state index in [1.165, 1.54) is 12.1 Å². The molecule has 10 heteroatoms. The Morgan fingerprint density at radius 2 is 1.79 bits per heavy atom. The first kappa shape index (κ1) is 18.8. The lowest BCUT2D eigenvalue weighted by Crippen LogP contribution is -2.46. The van der Waals surface area contributed by atoms with E-state index in [2.05, 4.69) is 9.08 Å². The topological polar surface area (TPSA) is 49.9 Å². The van der Waals surface area contributed by atoms with Crippen LogP contribution >= 0.6 is 0 Å². The zero-order valence-electron chi connectivity index (χ0n) is 13.0. The maximum atomic E-state index is 14.4. The average molecular weight is 370 g/mol. The van der Waals surface area contributed by atoms with Crippen molar-refractivity contribution in [1.82, 2.24) is 4.90 Å². The molecule has 1 aliphatic rings. The van der Waals surface area contributed by atoms with Gasteiger partial charge >= 0.3 is 15.6 Å². The molecular formula is C14H18F4N2O3S. The van der Waals surface area contributed by atoms with Gasteiger partial charge in [-0.2, -0.15) is 21.6 Å². The van der Waals surface area contributed by atoms with Crippen molar-refractivity contribution in [3.05, 3.63) is 24.0 Å². The summed E-state index contributed by atoms with van der Waals surface area (Å²) in [5.74, 6) is -2.07. The Balaban J connectivity index is 2.17. The summed E-state index contributed by atoms with van der Waals surface area (Å²) in [6.07, 6.45) is 0.993. The first-order chi connectivity index (χ1) is 11.2. The summed E-state index contributed by atoms with van der Waals surface area (Å²) in [4.78, 5) is 3.86. The number of nitrogens with zero attached hydrogens (tertiary/aromatic N) is 2. The minimum absolute atomic E-state index is 0.0287. The monoisotopic (exact) mass is 370 g/mol. The van der Waals surface area contributed by atoms with Crippen LogP contribution in [0.3, 0.4) is 0 Å². The molecule has 136 valence electrons. The van der Waals surface area contributed by atoms with Crippen molar-refractivity contribution in [3.8, 4) is 5.75 Å². The zero-order valence-corrected chi connectivity index (χ0v) is 13.8. The minimum Gasteiger partial charge on any atom is -0.373 e. The van der Waals surface area contributed by atoms with Crippen molar-refractivity contribution in [2.45, 2.75) is 18.9 Å². The highest BCUT2D eigenvalue weighted by atomic mass is 32.2. The second-order valence-corrected chi connectivity index (χ2v) is 6.94. The molecule has 24 heavy (non-hydrogen) atoms. The van der Waals surface area contributed by atoms with Gasteiger partial charge in [0.15, 0.2) is 11.6 Å². The highest BCUT2D eigenvalue weighted by Gasteiger charge is 2.49. The molecule has 1 heterocycles. The summed E-state index contributed by atoms with van der Waals surface area (Å²) in [5, 5.41) is 0. The Labute approximate surface area is 137 Å². The standard InChI is InChI=1S/C14H18F4N2O3S/c1-2-6-19-7-9-20(10-8-19)11-4-3-5-12(13(11)15)23-24(21,22)14(16,17)18/h3-5H,2,6-10H2,1H3. The van der Waals surface area contributed by atoms with Crippen molar-refractivity contribution in [1.29, 1.82) is 0 Å². The molecule has 0 aromatic heterocycles. The molecule has 5 nitrogen and oxygen atoms in total. The van der Waals surface area contributed by atoms with Gasteiger partial charge in [0, 0.05) is 26.2 Å². The third kappa shape index (κ3) is 4.10. The number of hydrogen-bond acceptors (Lipinski definition) is 5. The zero-order chi connectivity index (χ0) is 18.0. The lowest BCUT2D eigenvalue weighted by atomic mass is 10.2. The van der Waals surface area contributed by atoms with E-state index in [9.17, 15) is 26.0 Å². The molecule has 1 saturated heterocycles. The van der Waals surface area contributed by atoms with Crippen LogP contribution in [0.5, 0.6) is 5.75 Å². The van der Waals surface area contributed by atoms with Gasteiger partial charge in [-0.3, -0.25) is 4.90 Å². The van der Waals surface area contributed by atoms with E-state index in [0.717, 1.165) is 19.0 Å². The van der Waals surface area contributed by atoms with Crippen LogP contribution in [-0.2, 0) is 10.1 Å². The number of halogens is 4. The van der Waals surface area contributed by atoms with Gasteiger partial charge in [0.1, 0.15) is 0 Å². The number of benzene rings is 1. The Morgan fingerprint density at radius 1 is 1.17 bits per heavy atom. The molecule has 1 fully saturated rings. The van der Waals surface area contributed by atoms with Gasteiger partial charge in [0.05, 0.1) is 5.69 Å². The predicted octanol–water partition coefficient (Wildman–Crippen LogP) is 2.59. The summed E-state index contributed by atoms with van der Waals surface area (Å²) in [6, 6.07) is 3.51. The van der Waals surface area contributed by atoms with Crippen LogP contribution in [0, 0.1) is 5.82 Å². The Bertz CT molecular complexity index is 671. The summed E-state index contributed by atoms with van der Waals surface area (Å²) in [6.45, 7) is 5.34. The molecule has 0 saturated carbocycles. The van der Waals surface area contributed by atoms with E-state index in [1.807, 2.05) is 6.92 Å². The third-order valence-corrected chi connectivity index (χ3v) is 4.64. The molecule has 0 radical (unpaired) electrons. The molecule has 1 aromatic carbocycles. The molecule has 1 aromatic rings. The van der Waals surface area contributed by atoms with E-state index >= 15 is 0 Å². The van der Waals surface area contributed by atoms with Crippen molar-refractivity contribution in [2.75, 3.05) is 37.6 Å². The number of rotatable bonds is 5. The number of hydrogen-bond donors (Lipinski definition) is 0. The molecule has 2 rings (SSSR count). The fourth-order valence-electron chi connectivity index (χ4n) is 2.50. The number of alkyl halides is 3. The SMILES string of the molecule is CCCN1CCN(c2cccc(OS(=O)(=O)C(F)(F)F)c2F)CC1. The minimum atomic E-state index is -5.90. The summed E-state index contributed by atoms with van der Waals surface area (Å²) < 4.78 is 77.5. The maximum absolute atomic E-state index is 14.4. The average Bonchev–Trinajstić information content (AvgIpc) is 2.49. The van der Waals surface area contributed by atoms with Crippen LogP contribution in [0.15, 0.2) is 18.2 Å². The van der Waals surface area contributed by atoms with Gasteiger partial charge in [-0.25, -0.2) is 4.39 Å². The Kier molecular flexibility index (Phi) is 5.59. The molecule has 1 aliphatic heterocycles. The van der Waals surface area contributed by atoms with Gasteiger partial charge in [-0.1, -0.05) is 13.0 Å². The van der Waals surface area contributed by atoms with Crippen molar-refractivity contribution in [3.63, 3.8) is 0 Å². The normalized spacial score (nSPS) is 17.1. The van der Waals surface area contributed by atoms with Crippen LogP contribution in [0.25, 0.3) is 0 Å². The van der Waals surface area contributed by atoms with E-state index in [1.54, 1.807) is 4.90 Å². The fraction of sp³-hybridized carbons (Fsp3) is 0.571. The maximum Gasteiger partial charge on any atom is 0.534 e. The molecule has 0 N–H and O–H groups in total. The van der Waals surface area contributed by atoms with E-state index in [4.69, 9.17) is 0 Å². The van der Waals surface area contributed by atoms with E-state index in [0.29, 0.717) is 26.2 Å². The van der Waals surface area contributed by atoms with Crippen LogP contribution in [0.1, 0.15) is 13.3 Å². The van der Waals surface area contributed by atoms with Crippen LogP contribution in [0.2, 0.25) is 0 Å². The third-order valence-electron chi connectivity index (χ3n) is 3.68. The van der Waals surface area contributed by atoms with Crippen LogP contribution in [0.4, 0.5) is 23.2 Å². The first-order valence-corrected chi connectivity index (χ1v) is 8.83. The van der Waals surface area contributed by atoms with Crippen LogP contribution < -0.4 is 9.08 Å². The van der Waals surface area contributed by atoms with Gasteiger partial charge in [0.2, 0.25) is 0 Å². The molecule has 0 aliphatic carbocycles. The highest BCUT2D eigenvalue weighted by Crippen LogP contribution is 2.32. The number of anilines is 1. The van der Waals surface area contributed by atoms with E-state index in [-0.39, 0.29) is 5.69 Å².